The van der Waals surface area contributed by atoms with E-state index in [1.54, 1.807) is 12.1 Å². The van der Waals surface area contributed by atoms with Gasteiger partial charge < -0.3 is 5.32 Å². The highest BCUT2D eigenvalue weighted by atomic mass is 14.9. The van der Waals surface area contributed by atoms with Gasteiger partial charge in [0.05, 0.1) is 23.1 Å². The van der Waals surface area contributed by atoms with E-state index in [4.69, 9.17) is 10.5 Å². The van der Waals surface area contributed by atoms with E-state index in [0.717, 1.165) is 5.69 Å². The average molecular weight is 199 g/mol. The number of nitrogens with one attached hydrogen (secondary N) is 1. The molecule has 3 nitrogen and oxygen atoms in total. The Labute approximate surface area is 90.0 Å². The zero-order valence-electron chi connectivity index (χ0n) is 8.91. The van der Waals surface area contributed by atoms with Crippen LogP contribution in [0.4, 0.5) is 5.69 Å². The van der Waals surface area contributed by atoms with Crippen molar-refractivity contribution < 1.29 is 0 Å². The summed E-state index contributed by atoms with van der Waals surface area (Å²) < 4.78 is 0. The second-order valence-electron chi connectivity index (χ2n) is 4.04. The molecule has 0 saturated heterocycles. The van der Waals surface area contributed by atoms with E-state index in [1.165, 1.54) is 0 Å². The number of benzene rings is 1. The number of hydrogen-bond acceptors (Lipinski definition) is 3. The van der Waals surface area contributed by atoms with Gasteiger partial charge in [0.2, 0.25) is 0 Å². The lowest BCUT2D eigenvalue weighted by Crippen LogP contribution is -2.20. The fourth-order valence-electron chi connectivity index (χ4n) is 1.06. The van der Waals surface area contributed by atoms with Crippen molar-refractivity contribution in [3.05, 3.63) is 29.8 Å². The fourth-order valence-corrected chi connectivity index (χ4v) is 1.06. The summed E-state index contributed by atoms with van der Waals surface area (Å²) in [6, 6.07) is 11.5. The number of nitrogens with zero attached hydrogens (tertiary/aromatic N) is 2. The van der Waals surface area contributed by atoms with E-state index in [1.807, 2.05) is 26.0 Å². The van der Waals surface area contributed by atoms with Crippen molar-refractivity contribution in [1.82, 2.24) is 0 Å². The van der Waals surface area contributed by atoms with Crippen molar-refractivity contribution in [3.8, 4) is 12.1 Å². The Bertz CT molecular complexity index is 421. The van der Waals surface area contributed by atoms with Crippen molar-refractivity contribution in [1.29, 1.82) is 10.5 Å². The molecule has 1 aromatic carbocycles. The molecule has 76 valence electrons. The van der Waals surface area contributed by atoms with Gasteiger partial charge in [-0.15, -0.1) is 0 Å². The summed E-state index contributed by atoms with van der Waals surface area (Å²) in [5.41, 5.74) is 1.09. The lowest BCUT2D eigenvalue weighted by molar-refractivity contribution is 0.529. The molecule has 0 atom stereocenters. The van der Waals surface area contributed by atoms with E-state index in [2.05, 4.69) is 17.5 Å². The van der Waals surface area contributed by atoms with Gasteiger partial charge in [-0.3, -0.25) is 0 Å². The molecular weight excluding hydrogens is 186 g/mol. The zero-order valence-corrected chi connectivity index (χ0v) is 8.91. The molecule has 0 unspecified atom stereocenters. The van der Waals surface area contributed by atoms with Gasteiger partial charge in [0, 0.05) is 12.2 Å². The van der Waals surface area contributed by atoms with E-state index in [-0.39, 0.29) is 0 Å². The lowest BCUT2D eigenvalue weighted by Gasteiger charge is -2.16. The molecule has 1 rings (SSSR count). The molecule has 0 heterocycles. The maximum atomic E-state index is 8.83. The molecule has 0 bridgehead atoms. The third-order valence-corrected chi connectivity index (χ3v) is 2.03. The van der Waals surface area contributed by atoms with Gasteiger partial charge in [-0.25, -0.2) is 0 Å². The van der Waals surface area contributed by atoms with Crippen LogP contribution in [0.2, 0.25) is 0 Å². The largest absolute Gasteiger partial charge is 0.383 e. The second kappa shape index (κ2) is 4.48. The monoisotopic (exact) mass is 199 g/mol. The average Bonchev–Trinajstić information content (AvgIpc) is 2.27. The minimum atomic E-state index is -0.400. The van der Waals surface area contributed by atoms with Crippen LogP contribution in [0, 0.1) is 28.1 Å². The fraction of sp³-hybridized carbons (Fsp3) is 0.333. The van der Waals surface area contributed by atoms with E-state index < -0.39 is 5.41 Å². The highest BCUT2D eigenvalue weighted by Crippen LogP contribution is 2.16. The van der Waals surface area contributed by atoms with Crippen LogP contribution in [-0.2, 0) is 0 Å². The van der Waals surface area contributed by atoms with Crippen LogP contribution in [0.1, 0.15) is 19.4 Å². The Morgan fingerprint density at radius 1 is 1.33 bits per heavy atom. The SMILES string of the molecule is CC(C)(C#N)CNc1cccc(C#N)c1. The van der Waals surface area contributed by atoms with Crippen molar-refractivity contribution in [2.75, 3.05) is 11.9 Å². The van der Waals surface area contributed by atoms with Gasteiger partial charge in [0.1, 0.15) is 0 Å². The smallest absolute Gasteiger partial charge is 0.0992 e. The van der Waals surface area contributed by atoms with E-state index >= 15 is 0 Å². The number of rotatable bonds is 3. The molecule has 0 radical (unpaired) electrons. The van der Waals surface area contributed by atoms with Gasteiger partial charge in [-0.2, -0.15) is 10.5 Å². The van der Waals surface area contributed by atoms with Crippen LogP contribution < -0.4 is 5.32 Å². The molecular formula is C12H13N3. The molecule has 1 aromatic rings. The van der Waals surface area contributed by atoms with E-state index in [0.29, 0.717) is 12.1 Å². The topological polar surface area (TPSA) is 59.6 Å². The van der Waals surface area contributed by atoms with Gasteiger partial charge in [-0.05, 0) is 32.0 Å². The van der Waals surface area contributed by atoms with Crippen LogP contribution in [0.3, 0.4) is 0 Å². The van der Waals surface area contributed by atoms with Gasteiger partial charge in [0.25, 0.3) is 0 Å². The first-order chi connectivity index (χ1) is 7.07. The van der Waals surface area contributed by atoms with Crippen LogP contribution in [0.5, 0.6) is 0 Å². The summed E-state index contributed by atoms with van der Waals surface area (Å²) in [5, 5.41) is 20.7. The molecule has 0 fully saturated rings. The van der Waals surface area contributed by atoms with Crippen LogP contribution in [0.15, 0.2) is 24.3 Å². The van der Waals surface area contributed by atoms with Crippen molar-refractivity contribution >= 4 is 5.69 Å². The van der Waals surface area contributed by atoms with Crippen LogP contribution in [0.25, 0.3) is 0 Å². The van der Waals surface area contributed by atoms with Crippen LogP contribution in [-0.4, -0.2) is 6.54 Å². The lowest BCUT2D eigenvalue weighted by atomic mass is 9.96. The van der Waals surface area contributed by atoms with Gasteiger partial charge >= 0.3 is 0 Å². The van der Waals surface area contributed by atoms with E-state index in [9.17, 15) is 0 Å². The van der Waals surface area contributed by atoms with Crippen molar-refractivity contribution in [3.63, 3.8) is 0 Å². The Hall–Kier alpha value is -2.00. The van der Waals surface area contributed by atoms with Crippen molar-refractivity contribution in [2.24, 2.45) is 5.41 Å². The predicted octanol–water partition coefficient (Wildman–Crippen LogP) is 2.52. The normalized spacial score (nSPS) is 10.1. The Balaban J connectivity index is 2.67. The standard InChI is InChI=1S/C12H13N3/c1-12(2,8-14)9-15-11-5-3-4-10(6-11)7-13/h3-6,15H,9H2,1-2H3. The molecule has 3 heteroatoms. The predicted molar refractivity (Wildman–Crippen MR) is 59.0 cm³/mol. The first-order valence-electron chi connectivity index (χ1n) is 4.73. The third kappa shape index (κ3) is 3.32. The number of nitriles is 2. The summed E-state index contributed by atoms with van der Waals surface area (Å²) in [6.07, 6.45) is 0. The molecule has 15 heavy (non-hydrogen) atoms. The molecule has 0 amide bonds. The quantitative estimate of drug-likeness (QED) is 0.813. The Morgan fingerprint density at radius 2 is 2.07 bits per heavy atom. The second-order valence-corrected chi connectivity index (χ2v) is 4.04. The zero-order chi connectivity index (χ0) is 11.3. The Kier molecular flexibility index (Phi) is 3.31. The summed E-state index contributed by atoms with van der Waals surface area (Å²) in [4.78, 5) is 0. The first-order valence-corrected chi connectivity index (χ1v) is 4.73. The molecule has 0 aromatic heterocycles. The summed E-state index contributed by atoms with van der Waals surface area (Å²) in [6.45, 7) is 4.31. The third-order valence-electron chi connectivity index (χ3n) is 2.03. The number of hydrogen-bond donors (Lipinski definition) is 1. The molecule has 0 saturated carbocycles. The number of anilines is 1. The molecule has 0 spiro atoms. The first kappa shape index (κ1) is 11.1. The Morgan fingerprint density at radius 3 is 2.67 bits per heavy atom. The minimum Gasteiger partial charge on any atom is -0.383 e. The maximum absolute atomic E-state index is 8.83. The molecule has 0 aliphatic heterocycles. The molecule has 1 N–H and O–H groups in total. The van der Waals surface area contributed by atoms with Crippen LogP contribution >= 0.6 is 0 Å². The summed E-state index contributed by atoms with van der Waals surface area (Å²) in [7, 11) is 0. The van der Waals surface area contributed by atoms with Gasteiger partial charge in [0.15, 0.2) is 0 Å². The summed E-state index contributed by atoms with van der Waals surface area (Å²) in [5.74, 6) is 0. The highest BCUT2D eigenvalue weighted by Gasteiger charge is 2.15. The highest BCUT2D eigenvalue weighted by molar-refractivity contribution is 5.49. The van der Waals surface area contributed by atoms with Gasteiger partial charge in [-0.1, -0.05) is 6.07 Å². The maximum Gasteiger partial charge on any atom is 0.0992 e. The molecule has 0 aliphatic rings. The minimum absolute atomic E-state index is 0.400. The van der Waals surface area contributed by atoms with Crippen molar-refractivity contribution in [2.45, 2.75) is 13.8 Å². The summed E-state index contributed by atoms with van der Waals surface area (Å²) >= 11 is 0. The molecule has 0 aliphatic carbocycles.